The summed E-state index contributed by atoms with van der Waals surface area (Å²) in [6, 6.07) is 16.1. The zero-order chi connectivity index (χ0) is 21.2. The maximum atomic E-state index is 12.6. The maximum Gasteiger partial charge on any atom is 0.253 e. The van der Waals surface area contributed by atoms with Gasteiger partial charge < -0.3 is 25.4 Å². The first kappa shape index (κ1) is 22.4. The lowest BCUT2D eigenvalue weighted by atomic mass is 10.1. The van der Waals surface area contributed by atoms with Gasteiger partial charge in [-0.15, -0.1) is 0 Å². The van der Waals surface area contributed by atoms with E-state index in [0.29, 0.717) is 17.7 Å². The second kappa shape index (κ2) is 11.2. The number of para-hydroxylation sites is 1. The number of carbonyl (C=O) groups excluding carboxylic acids is 2. The number of nitrogens with one attached hydrogen (secondary N) is 2. The van der Waals surface area contributed by atoms with Gasteiger partial charge in [-0.1, -0.05) is 30.3 Å². The highest BCUT2D eigenvalue weighted by atomic mass is 16.5. The summed E-state index contributed by atoms with van der Waals surface area (Å²) in [5.74, 6) is -0.525. The largest absolute Gasteiger partial charge is 0.388 e. The molecule has 3 N–H and O–H groups in total. The summed E-state index contributed by atoms with van der Waals surface area (Å²) < 4.78 is 5.58. The van der Waals surface area contributed by atoms with Crippen LogP contribution >= 0.6 is 0 Å². The van der Waals surface area contributed by atoms with E-state index in [1.54, 1.807) is 36.4 Å². The van der Waals surface area contributed by atoms with Gasteiger partial charge in [0.25, 0.3) is 11.8 Å². The van der Waals surface area contributed by atoms with Gasteiger partial charge in [-0.3, -0.25) is 9.59 Å². The van der Waals surface area contributed by atoms with E-state index in [9.17, 15) is 14.7 Å². The van der Waals surface area contributed by atoms with E-state index in [1.165, 1.54) is 0 Å². The van der Waals surface area contributed by atoms with Crippen LogP contribution in [-0.2, 0) is 4.74 Å². The van der Waals surface area contributed by atoms with Gasteiger partial charge in [0.2, 0.25) is 0 Å². The van der Waals surface area contributed by atoms with Crippen molar-refractivity contribution in [1.29, 1.82) is 0 Å². The first-order valence-corrected chi connectivity index (χ1v) is 9.61. The number of aliphatic hydroxyl groups is 1. The van der Waals surface area contributed by atoms with Crippen molar-refractivity contribution in [1.82, 2.24) is 10.6 Å². The van der Waals surface area contributed by atoms with Crippen molar-refractivity contribution in [2.24, 2.45) is 0 Å². The normalized spacial score (nSPS) is 12.7. The number of benzene rings is 2. The van der Waals surface area contributed by atoms with Crippen LogP contribution in [0.5, 0.6) is 0 Å². The Morgan fingerprint density at radius 2 is 1.59 bits per heavy atom. The molecule has 0 saturated carbocycles. The molecular weight excluding hydrogens is 370 g/mol. The molecule has 2 rings (SSSR count). The van der Waals surface area contributed by atoms with Gasteiger partial charge in [0, 0.05) is 45.0 Å². The Bertz CT molecular complexity index is 796. The number of anilines is 1. The predicted octanol–water partition coefficient (Wildman–Crippen LogP) is 1.68. The molecule has 156 valence electrons. The summed E-state index contributed by atoms with van der Waals surface area (Å²) in [6.45, 7) is 2.32. The van der Waals surface area contributed by atoms with Crippen molar-refractivity contribution in [3.8, 4) is 0 Å². The van der Waals surface area contributed by atoms with Crippen molar-refractivity contribution in [3.63, 3.8) is 0 Å². The molecule has 0 bridgehead atoms. The van der Waals surface area contributed by atoms with E-state index in [2.05, 4.69) is 10.6 Å². The molecule has 0 radical (unpaired) electrons. The summed E-state index contributed by atoms with van der Waals surface area (Å²) in [7, 11) is 3.74. The first-order valence-electron chi connectivity index (χ1n) is 9.61. The standard InChI is InChI=1S/C22H29N3O4/c1-4-29-20(19(26)14-23-21(27)16-10-6-5-7-11-16)15-24-22(28)17-12-8-9-13-18(17)25(2)3/h5-13,19-20,26H,4,14-15H2,1-3H3,(H,23,27)(H,24,28)/t19-,20+/m0/s1. The van der Waals surface area contributed by atoms with Crippen LogP contribution in [0, 0.1) is 0 Å². The fourth-order valence-electron chi connectivity index (χ4n) is 2.88. The molecule has 2 atom stereocenters. The van der Waals surface area contributed by atoms with Gasteiger partial charge in [0.05, 0.1) is 11.7 Å². The Morgan fingerprint density at radius 3 is 2.24 bits per heavy atom. The molecule has 2 aromatic carbocycles. The topological polar surface area (TPSA) is 90.9 Å². The lowest BCUT2D eigenvalue weighted by molar-refractivity contribution is -0.0287. The van der Waals surface area contributed by atoms with Crippen LogP contribution in [0.4, 0.5) is 5.69 Å². The number of hydrogen-bond acceptors (Lipinski definition) is 5. The summed E-state index contributed by atoms with van der Waals surface area (Å²) in [6.07, 6.45) is -1.61. The molecule has 0 aromatic heterocycles. The molecular formula is C22H29N3O4. The molecule has 0 aliphatic rings. The van der Waals surface area contributed by atoms with Crippen LogP contribution in [0.2, 0.25) is 0 Å². The third-order valence-corrected chi connectivity index (χ3v) is 4.41. The van der Waals surface area contributed by atoms with Crippen LogP contribution in [0.3, 0.4) is 0 Å². The fraction of sp³-hybridized carbons (Fsp3) is 0.364. The zero-order valence-corrected chi connectivity index (χ0v) is 17.1. The van der Waals surface area contributed by atoms with E-state index in [-0.39, 0.29) is 24.9 Å². The van der Waals surface area contributed by atoms with E-state index < -0.39 is 12.2 Å². The Hall–Kier alpha value is -2.90. The molecule has 7 heteroatoms. The maximum absolute atomic E-state index is 12.6. The van der Waals surface area contributed by atoms with Crippen molar-refractivity contribution in [2.45, 2.75) is 19.1 Å². The monoisotopic (exact) mass is 399 g/mol. The molecule has 2 amide bonds. The Morgan fingerprint density at radius 1 is 0.966 bits per heavy atom. The van der Waals surface area contributed by atoms with Gasteiger partial charge in [-0.2, -0.15) is 0 Å². The first-order chi connectivity index (χ1) is 13.9. The van der Waals surface area contributed by atoms with Crippen LogP contribution in [-0.4, -0.2) is 62.9 Å². The zero-order valence-electron chi connectivity index (χ0n) is 17.1. The molecule has 7 nitrogen and oxygen atoms in total. The van der Waals surface area contributed by atoms with E-state index in [1.807, 2.05) is 44.1 Å². The number of ether oxygens (including phenoxy) is 1. The minimum absolute atomic E-state index is 0.0164. The van der Waals surface area contributed by atoms with Crippen molar-refractivity contribution < 1.29 is 19.4 Å². The number of carbonyl (C=O) groups is 2. The predicted molar refractivity (Wildman–Crippen MR) is 113 cm³/mol. The molecule has 0 aliphatic carbocycles. The van der Waals surface area contributed by atoms with Crippen LogP contribution in [0.15, 0.2) is 54.6 Å². The van der Waals surface area contributed by atoms with Crippen molar-refractivity contribution >= 4 is 17.5 Å². The Kier molecular flexibility index (Phi) is 8.64. The molecule has 0 fully saturated rings. The average Bonchev–Trinajstić information content (AvgIpc) is 2.75. The van der Waals surface area contributed by atoms with E-state index in [4.69, 9.17) is 4.74 Å². The van der Waals surface area contributed by atoms with Gasteiger partial charge in [-0.25, -0.2) is 0 Å². The third kappa shape index (κ3) is 6.58. The second-order valence-corrected chi connectivity index (χ2v) is 6.76. The summed E-state index contributed by atoms with van der Waals surface area (Å²) in [5, 5.41) is 16.0. The number of amides is 2. The highest BCUT2D eigenvalue weighted by Gasteiger charge is 2.22. The molecule has 0 unspecified atom stereocenters. The van der Waals surface area contributed by atoms with Gasteiger partial charge in [0.15, 0.2) is 0 Å². The average molecular weight is 399 g/mol. The molecule has 29 heavy (non-hydrogen) atoms. The summed E-state index contributed by atoms with van der Waals surface area (Å²) in [4.78, 5) is 26.6. The molecule has 2 aromatic rings. The minimum atomic E-state index is -0.966. The number of aliphatic hydroxyl groups excluding tert-OH is 1. The second-order valence-electron chi connectivity index (χ2n) is 6.76. The van der Waals surface area contributed by atoms with Gasteiger partial charge in [0.1, 0.15) is 6.10 Å². The number of hydrogen-bond donors (Lipinski definition) is 3. The van der Waals surface area contributed by atoms with Gasteiger partial charge >= 0.3 is 0 Å². The van der Waals surface area contributed by atoms with Crippen LogP contribution < -0.4 is 15.5 Å². The lowest BCUT2D eigenvalue weighted by Gasteiger charge is -2.24. The van der Waals surface area contributed by atoms with E-state index in [0.717, 1.165) is 5.69 Å². The third-order valence-electron chi connectivity index (χ3n) is 4.41. The molecule has 0 saturated heterocycles. The lowest BCUT2D eigenvalue weighted by Crippen LogP contribution is -2.46. The molecule has 0 heterocycles. The fourth-order valence-corrected chi connectivity index (χ4v) is 2.88. The summed E-state index contributed by atoms with van der Waals surface area (Å²) in [5.41, 5.74) is 1.86. The molecule has 0 aliphatic heterocycles. The SMILES string of the molecule is CCO[C@H](CNC(=O)c1ccccc1N(C)C)[C@@H](O)CNC(=O)c1ccccc1. The summed E-state index contributed by atoms with van der Waals surface area (Å²) >= 11 is 0. The van der Waals surface area contributed by atoms with Gasteiger partial charge in [-0.05, 0) is 31.2 Å². The number of rotatable bonds is 10. The number of nitrogens with zero attached hydrogens (tertiary/aromatic N) is 1. The van der Waals surface area contributed by atoms with Crippen molar-refractivity contribution in [2.75, 3.05) is 38.7 Å². The van der Waals surface area contributed by atoms with E-state index >= 15 is 0 Å². The highest BCUT2D eigenvalue weighted by molar-refractivity contribution is 5.99. The minimum Gasteiger partial charge on any atom is -0.388 e. The highest BCUT2D eigenvalue weighted by Crippen LogP contribution is 2.17. The van der Waals surface area contributed by atoms with Crippen LogP contribution in [0.1, 0.15) is 27.6 Å². The Balaban J connectivity index is 1.93. The van der Waals surface area contributed by atoms with Crippen molar-refractivity contribution in [3.05, 3.63) is 65.7 Å². The molecule has 0 spiro atoms. The quantitative estimate of drug-likeness (QED) is 0.566. The van der Waals surface area contributed by atoms with Crippen LogP contribution in [0.25, 0.3) is 0 Å². The Labute approximate surface area is 171 Å². The smallest absolute Gasteiger partial charge is 0.253 e.